The van der Waals surface area contributed by atoms with Gasteiger partial charge in [0.15, 0.2) is 11.5 Å². The first-order valence-electron chi connectivity index (χ1n) is 41.8. The molecule has 0 amide bonds. The standard InChI is InChI=1S/C96H134O16P/c1-12-44-97-47-50-100-53-56-103-59-62-106-94-65-82(66-95(107-63-60-104-57-54-101-51-48-98-45-13-2)96(94)108-64-61-105-58-55-102-52-49-99-46-14-3)39-41-84-68-93(112-74-79(11)18-7)86(70-91(84)110-72-77(9)16-5)43-42-85-69-90(109-71-76(8)15-4)83(67-92(85)111-73-78(10)17-6)40-38-80-34-36-81(37-35-80)75-113(87-28-22-19-23-29-87,88-30-24-20-25-31-88)89-32-26-21-27-33-89/h19-43,65-70,76-79H,12-18,44-64,71-75H2,1-11H3/q+1/b40-38+,41-39+,43-42+/t76-,77-,78-,79-/m0/s1. The monoisotopic (exact) mass is 1570 g/mol. The molecule has 16 nitrogen and oxygen atoms in total. The van der Waals surface area contributed by atoms with E-state index in [1.807, 2.05) is 18.2 Å². The number of ether oxygens (including phenoxy) is 16. The van der Waals surface area contributed by atoms with Crippen molar-refractivity contribution >= 4 is 59.6 Å². The van der Waals surface area contributed by atoms with E-state index in [4.69, 9.17) is 75.8 Å². The highest BCUT2D eigenvalue weighted by atomic mass is 31.2. The Hall–Kier alpha value is -7.57. The molecular formula is C96H134O16P+. The van der Waals surface area contributed by atoms with Gasteiger partial charge in [0, 0.05) is 42.1 Å². The number of rotatable bonds is 63. The van der Waals surface area contributed by atoms with Crippen molar-refractivity contribution in [3.8, 4) is 40.2 Å². The van der Waals surface area contributed by atoms with Crippen LogP contribution in [0.2, 0.25) is 0 Å². The third-order valence-corrected chi connectivity index (χ3v) is 23.7. The molecule has 7 aromatic carbocycles. The summed E-state index contributed by atoms with van der Waals surface area (Å²) in [6.07, 6.45) is 20.4. The van der Waals surface area contributed by atoms with Gasteiger partial charge in [0.05, 0.1) is 132 Å². The third-order valence-electron chi connectivity index (χ3n) is 19.3. The SMILES string of the molecule is CCCOCCOCCOCCOc1cc(/C=C/c2cc(OC[C@@H](C)CC)c(/C=C/c3cc(OC[C@@H](C)CC)c(/C=C/c4ccc(C[P+](c5ccccc5)(c5ccccc5)c5ccccc5)cc4)cc3OC[C@@H](C)CC)cc2OC[C@@H](C)CC)cc(OCCOCCOCCOCCC)c1OCCOCCOCCOCCC. The summed E-state index contributed by atoms with van der Waals surface area (Å²) < 4.78 is 99.3. The lowest BCUT2D eigenvalue weighted by molar-refractivity contribution is 0.00689. The van der Waals surface area contributed by atoms with Gasteiger partial charge in [-0.3, -0.25) is 0 Å². The summed E-state index contributed by atoms with van der Waals surface area (Å²) in [6, 6.07) is 54.7. The molecule has 0 aliphatic carbocycles. The highest BCUT2D eigenvalue weighted by Crippen LogP contribution is 2.58. The Balaban J connectivity index is 1.25. The van der Waals surface area contributed by atoms with Gasteiger partial charge in [-0.2, -0.15) is 0 Å². The fourth-order valence-electron chi connectivity index (χ4n) is 11.7. The Labute approximate surface area is 678 Å². The molecule has 618 valence electrons. The van der Waals surface area contributed by atoms with Crippen LogP contribution in [0.4, 0.5) is 0 Å². The van der Waals surface area contributed by atoms with Crippen LogP contribution in [0.3, 0.4) is 0 Å². The van der Waals surface area contributed by atoms with Crippen LogP contribution in [0.25, 0.3) is 36.5 Å². The van der Waals surface area contributed by atoms with Crippen molar-refractivity contribution < 1.29 is 75.8 Å². The normalized spacial score (nSPS) is 12.9. The lowest BCUT2D eigenvalue weighted by Gasteiger charge is -2.28. The average Bonchev–Trinajstić information content (AvgIpc) is 0.752. The first kappa shape index (κ1) is 92.6. The van der Waals surface area contributed by atoms with Crippen molar-refractivity contribution in [2.24, 2.45) is 23.7 Å². The molecule has 0 unspecified atom stereocenters. The third kappa shape index (κ3) is 34.0. The van der Waals surface area contributed by atoms with E-state index in [1.54, 1.807) is 0 Å². The van der Waals surface area contributed by atoms with Crippen LogP contribution < -0.4 is 49.1 Å². The molecule has 7 rings (SSSR count). The first-order chi connectivity index (χ1) is 55.4. The van der Waals surface area contributed by atoms with Crippen LogP contribution in [0.1, 0.15) is 160 Å². The topological polar surface area (TPSA) is 148 Å². The number of hydrogen-bond donors (Lipinski definition) is 0. The summed E-state index contributed by atoms with van der Waals surface area (Å²) in [6.45, 7) is 35.4. The van der Waals surface area contributed by atoms with E-state index in [1.165, 1.54) is 21.5 Å². The van der Waals surface area contributed by atoms with Gasteiger partial charge in [-0.1, -0.05) is 217 Å². The summed E-state index contributed by atoms with van der Waals surface area (Å²) in [5.41, 5.74) is 6.65. The zero-order valence-corrected chi connectivity index (χ0v) is 70.9. The minimum absolute atomic E-state index is 0.215. The second-order valence-corrected chi connectivity index (χ2v) is 32.3. The van der Waals surface area contributed by atoms with Crippen LogP contribution in [-0.2, 0) is 48.8 Å². The van der Waals surface area contributed by atoms with E-state index in [0.717, 1.165) is 96.0 Å². The van der Waals surface area contributed by atoms with E-state index < -0.39 is 7.26 Å². The predicted molar refractivity (Wildman–Crippen MR) is 466 cm³/mol. The summed E-state index contributed by atoms with van der Waals surface area (Å²) in [7, 11) is -2.10. The Morgan fingerprint density at radius 3 is 0.814 bits per heavy atom. The Morgan fingerprint density at radius 1 is 0.257 bits per heavy atom. The maximum Gasteiger partial charge on any atom is 0.203 e. The lowest BCUT2D eigenvalue weighted by Crippen LogP contribution is -2.32. The van der Waals surface area contributed by atoms with Gasteiger partial charge in [-0.25, -0.2) is 0 Å². The average molecular weight is 1580 g/mol. The second-order valence-electron chi connectivity index (χ2n) is 28.8. The fourth-order valence-corrected chi connectivity index (χ4v) is 15.9. The Morgan fingerprint density at radius 2 is 0.522 bits per heavy atom. The van der Waals surface area contributed by atoms with Gasteiger partial charge >= 0.3 is 0 Å². The van der Waals surface area contributed by atoms with Crippen LogP contribution in [0.15, 0.2) is 152 Å². The molecule has 113 heavy (non-hydrogen) atoms. The van der Waals surface area contributed by atoms with Gasteiger partial charge in [-0.05, 0) is 132 Å². The van der Waals surface area contributed by atoms with Crippen molar-refractivity contribution in [1.29, 1.82) is 0 Å². The van der Waals surface area contributed by atoms with Gasteiger partial charge in [-0.15, -0.1) is 0 Å². The summed E-state index contributed by atoms with van der Waals surface area (Å²) in [5.74, 6) is 5.55. The zero-order chi connectivity index (χ0) is 80.2. The van der Waals surface area contributed by atoms with E-state index in [2.05, 4.69) is 246 Å². The second kappa shape index (κ2) is 55.9. The maximum atomic E-state index is 6.91. The van der Waals surface area contributed by atoms with Crippen molar-refractivity contribution in [2.45, 2.75) is 127 Å². The Kier molecular flexibility index (Phi) is 45.8. The van der Waals surface area contributed by atoms with Crippen molar-refractivity contribution in [3.63, 3.8) is 0 Å². The molecule has 0 radical (unpaired) electrons. The van der Waals surface area contributed by atoms with E-state index in [-0.39, 0.29) is 25.7 Å². The molecule has 17 heteroatoms. The van der Waals surface area contributed by atoms with E-state index in [9.17, 15) is 0 Å². The van der Waals surface area contributed by atoms with Gasteiger partial charge in [0.2, 0.25) is 5.75 Å². The highest BCUT2D eigenvalue weighted by Gasteiger charge is 2.45. The lowest BCUT2D eigenvalue weighted by atomic mass is 10.0. The highest BCUT2D eigenvalue weighted by molar-refractivity contribution is 7.95. The molecule has 7 aromatic rings. The van der Waals surface area contributed by atoms with Crippen molar-refractivity contribution in [3.05, 3.63) is 191 Å². The maximum absolute atomic E-state index is 6.91. The summed E-state index contributed by atoms with van der Waals surface area (Å²) in [5, 5.41) is 4.08. The minimum Gasteiger partial charge on any atom is -0.493 e. The molecule has 0 N–H and O–H groups in total. The molecule has 0 aliphatic rings. The molecule has 0 aromatic heterocycles. The summed E-state index contributed by atoms with van der Waals surface area (Å²) >= 11 is 0. The smallest absolute Gasteiger partial charge is 0.203 e. The van der Waals surface area contributed by atoms with E-state index in [0.29, 0.717) is 192 Å². The largest absolute Gasteiger partial charge is 0.493 e. The van der Waals surface area contributed by atoms with Crippen molar-refractivity contribution in [1.82, 2.24) is 0 Å². The van der Waals surface area contributed by atoms with Gasteiger partial charge in [0.25, 0.3) is 0 Å². The first-order valence-corrected chi connectivity index (χ1v) is 43.7. The van der Waals surface area contributed by atoms with Gasteiger partial charge < -0.3 is 75.8 Å². The number of benzene rings is 7. The van der Waals surface area contributed by atoms with E-state index >= 15 is 0 Å². The molecule has 0 aliphatic heterocycles. The molecular weight excluding hydrogens is 1440 g/mol. The van der Waals surface area contributed by atoms with Crippen molar-refractivity contribution in [2.75, 3.05) is 165 Å². The fraction of sp³-hybridized carbons (Fsp3) is 0.500. The molecule has 0 spiro atoms. The molecule has 0 bridgehead atoms. The zero-order valence-electron chi connectivity index (χ0n) is 70.0. The molecule has 0 saturated carbocycles. The van der Waals surface area contributed by atoms with Gasteiger partial charge in [0.1, 0.15) is 66.0 Å². The Bertz CT molecular complexity index is 3590. The quantitative estimate of drug-likeness (QED) is 0.0202. The molecule has 0 heterocycles. The minimum atomic E-state index is -2.10. The molecule has 0 fully saturated rings. The number of hydrogen-bond acceptors (Lipinski definition) is 16. The van der Waals surface area contributed by atoms with Crippen LogP contribution in [-0.4, -0.2) is 165 Å². The molecule has 0 saturated heterocycles. The van der Waals surface area contributed by atoms with Crippen LogP contribution in [0, 0.1) is 23.7 Å². The molecule has 4 atom stereocenters. The van der Waals surface area contributed by atoms with Crippen LogP contribution >= 0.6 is 7.26 Å². The summed E-state index contributed by atoms with van der Waals surface area (Å²) in [4.78, 5) is 0. The predicted octanol–water partition coefficient (Wildman–Crippen LogP) is 19.9. The van der Waals surface area contributed by atoms with Crippen LogP contribution in [0.5, 0.6) is 40.2 Å².